The van der Waals surface area contributed by atoms with Crippen LogP contribution in [0.5, 0.6) is 0 Å². The second-order valence-corrected chi connectivity index (χ2v) is 3.80. The Bertz CT molecular complexity index is 271. The topological polar surface area (TPSA) is 88.1 Å². The summed E-state index contributed by atoms with van der Waals surface area (Å²) >= 11 is 0. The molecule has 1 heterocycles. The van der Waals surface area contributed by atoms with Crippen LogP contribution in [0.4, 0.5) is 0 Å². The molecular weight excluding hydrogens is 228 g/mol. The number of nitrogens with zero attached hydrogens (tertiary/aromatic N) is 1. The molecule has 0 aromatic heterocycles. The monoisotopic (exact) mass is 246 g/mol. The van der Waals surface area contributed by atoms with Crippen molar-refractivity contribution in [3.8, 4) is 0 Å². The number of ether oxygens (including phenoxy) is 1. The molecule has 1 aliphatic heterocycles. The van der Waals surface area contributed by atoms with Crippen molar-refractivity contribution < 1.29 is 24.3 Å². The SMILES string of the molecule is COC(=O)CCCNC(=O)CN1C[C@@H](O)CO1. The molecule has 17 heavy (non-hydrogen) atoms. The molecule has 2 N–H and O–H groups in total. The number of carbonyl (C=O) groups excluding carboxylic acids is 2. The van der Waals surface area contributed by atoms with Gasteiger partial charge in [0, 0.05) is 13.0 Å². The third-order valence-electron chi connectivity index (χ3n) is 2.29. The summed E-state index contributed by atoms with van der Waals surface area (Å²) in [5, 5.41) is 13.2. The molecule has 1 rings (SSSR count). The highest BCUT2D eigenvalue weighted by atomic mass is 16.7. The maximum atomic E-state index is 11.4. The number of aliphatic hydroxyl groups is 1. The maximum Gasteiger partial charge on any atom is 0.305 e. The molecule has 7 heteroatoms. The molecule has 0 saturated carbocycles. The minimum Gasteiger partial charge on any atom is -0.469 e. The molecule has 0 spiro atoms. The lowest BCUT2D eigenvalue weighted by Crippen LogP contribution is -2.36. The van der Waals surface area contributed by atoms with Crippen LogP contribution < -0.4 is 5.32 Å². The number of aliphatic hydroxyl groups excluding tert-OH is 1. The van der Waals surface area contributed by atoms with Crippen LogP contribution in [0.3, 0.4) is 0 Å². The van der Waals surface area contributed by atoms with E-state index in [1.54, 1.807) is 0 Å². The van der Waals surface area contributed by atoms with Gasteiger partial charge in [0.1, 0.15) is 6.54 Å². The predicted molar refractivity (Wildman–Crippen MR) is 57.8 cm³/mol. The van der Waals surface area contributed by atoms with Crippen molar-refractivity contribution >= 4 is 11.9 Å². The predicted octanol–water partition coefficient (Wildman–Crippen LogP) is -1.34. The molecular formula is C10H18N2O5. The van der Waals surface area contributed by atoms with E-state index in [0.29, 0.717) is 19.5 Å². The van der Waals surface area contributed by atoms with E-state index in [9.17, 15) is 9.59 Å². The van der Waals surface area contributed by atoms with Crippen molar-refractivity contribution in [2.75, 3.05) is 33.4 Å². The fraction of sp³-hybridized carbons (Fsp3) is 0.800. The molecule has 1 amide bonds. The summed E-state index contributed by atoms with van der Waals surface area (Å²) in [7, 11) is 1.33. The van der Waals surface area contributed by atoms with Crippen molar-refractivity contribution in [2.24, 2.45) is 0 Å². The molecule has 98 valence electrons. The number of carbonyl (C=O) groups is 2. The van der Waals surface area contributed by atoms with Gasteiger partial charge < -0.3 is 15.2 Å². The number of hydrogen-bond donors (Lipinski definition) is 2. The van der Waals surface area contributed by atoms with Crippen molar-refractivity contribution in [2.45, 2.75) is 18.9 Å². The van der Waals surface area contributed by atoms with E-state index < -0.39 is 6.10 Å². The molecule has 0 radical (unpaired) electrons. The highest BCUT2D eigenvalue weighted by Crippen LogP contribution is 2.03. The molecule has 0 bridgehead atoms. The molecule has 0 aromatic carbocycles. The highest BCUT2D eigenvalue weighted by Gasteiger charge is 2.22. The van der Waals surface area contributed by atoms with Gasteiger partial charge in [-0.1, -0.05) is 0 Å². The van der Waals surface area contributed by atoms with Crippen LogP contribution in [0.15, 0.2) is 0 Å². The molecule has 0 unspecified atom stereocenters. The van der Waals surface area contributed by atoms with Gasteiger partial charge in [0.2, 0.25) is 5.91 Å². The van der Waals surface area contributed by atoms with Gasteiger partial charge in [-0.3, -0.25) is 14.4 Å². The van der Waals surface area contributed by atoms with E-state index in [2.05, 4.69) is 10.1 Å². The average Bonchev–Trinajstić information content (AvgIpc) is 2.69. The molecule has 7 nitrogen and oxygen atoms in total. The second kappa shape index (κ2) is 7.21. The second-order valence-electron chi connectivity index (χ2n) is 3.80. The van der Waals surface area contributed by atoms with E-state index >= 15 is 0 Å². The Balaban J connectivity index is 2.03. The first-order valence-corrected chi connectivity index (χ1v) is 5.51. The number of rotatable bonds is 6. The smallest absolute Gasteiger partial charge is 0.305 e. The Hall–Kier alpha value is -1.18. The molecule has 0 aromatic rings. The first kappa shape index (κ1) is 13.9. The van der Waals surface area contributed by atoms with Crippen LogP contribution in [0.2, 0.25) is 0 Å². The van der Waals surface area contributed by atoms with Crippen LogP contribution in [0.1, 0.15) is 12.8 Å². The minimum atomic E-state index is -0.526. The quantitative estimate of drug-likeness (QED) is 0.445. The number of esters is 1. The van der Waals surface area contributed by atoms with Gasteiger partial charge in [-0.25, -0.2) is 0 Å². The number of β-amino-alcohol motifs (C(OH)–C–C–N with tert-alkyl or cyclic N) is 1. The Morgan fingerprint density at radius 1 is 1.59 bits per heavy atom. The van der Waals surface area contributed by atoms with E-state index in [0.717, 1.165) is 0 Å². The number of nitrogens with one attached hydrogen (secondary N) is 1. The Labute approximate surface area is 99.6 Å². The van der Waals surface area contributed by atoms with Gasteiger partial charge >= 0.3 is 5.97 Å². The number of hydrogen-bond acceptors (Lipinski definition) is 6. The number of amides is 1. The molecule has 1 atom stereocenters. The fourth-order valence-electron chi connectivity index (χ4n) is 1.42. The van der Waals surface area contributed by atoms with Gasteiger partial charge in [-0.15, -0.1) is 0 Å². The standard InChI is InChI=1S/C10H18N2O5/c1-16-10(15)3-2-4-11-9(14)6-12-5-8(13)7-17-12/h8,13H,2-7H2,1H3,(H,11,14)/t8-/m1/s1. The van der Waals surface area contributed by atoms with E-state index in [-0.39, 0.29) is 31.4 Å². The molecule has 1 saturated heterocycles. The third kappa shape index (κ3) is 5.62. The van der Waals surface area contributed by atoms with E-state index in [1.165, 1.54) is 12.2 Å². The molecule has 1 aliphatic rings. The lowest BCUT2D eigenvalue weighted by atomic mass is 10.3. The summed E-state index contributed by atoms with van der Waals surface area (Å²) in [4.78, 5) is 27.2. The van der Waals surface area contributed by atoms with E-state index in [4.69, 9.17) is 9.94 Å². The summed E-state index contributed by atoms with van der Waals surface area (Å²) in [6.07, 6.45) is 0.305. The first-order valence-electron chi connectivity index (χ1n) is 5.51. The Morgan fingerprint density at radius 3 is 2.94 bits per heavy atom. The Kier molecular flexibility index (Phi) is 5.88. The summed E-state index contributed by atoms with van der Waals surface area (Å²) in [5.74, 6) is -0.478. The van der Waals surface area contributed by atoms with Crippen LogP contribution in [0, 0.1) is 0 Å². The van der Waals surface area contributed by atoms with Crippen LogP contribution in [-0.2, 0) is 19.2 Å². The first-order chi connectivity index (χ1) is 8.11. The summed E-state index contributed by atoms with van der Waals surface area (Å²) in [6, 6.07) is 0. The largest absolute Gasteiger partial charge is 0.469 e. The van der Waals surface area contributed by atoms with Crippen molar-refractivity contribution in [1.29, 1.82) is 0 Å². The summed E-state index contributed by atoms with van der Waals surface area (Å²) in [5.41, 5.74) is 0. The summed E-state index contributed by atoms with van der Waals surface area (Å²) < 4.78 is 4.47. The van der Waals surface area contributed by atoms with Gasteiger partial charge in [-0.2, -0.15) is 5.06 Å². The maximum absolute atomic E-state index is 11.4. The fourth-order valence-corrected chi connectivity index (χ4v) is 1.42. The van der Waals surface area contributed by atoms with Gasteiger partial charge in [0.15, 0.2) is 0 Å². The summed E-state index contributed by atoms with van der Waals surface area (Å²) in [6.45, 7) is 1.09. The zero-order valence-electron chi connectivity index (χ0n) is 9.85. The third-order valence-corrected chi connectivity index (χ3v) is 2.29. The molecule has 1 fully saturated rings. The lowest BCUT2D eigenvalue weighted by Gasteiger charge is -2.12. The molecule has 0 aliphatic carbocycles. The number of methoxy groups -OCH3 is 1. The zero-order valence-corrected chi connectivity index (χ0v) is 9.85. The Morgan fingerprint density at radius 2 is 2.35 bits per heavy atom. The van der Waals surface area contributed by atoms with Crippen molar-refractivity contribution in [3.05, 3.63) is 0 Å². The van der Waals surface area contributed by atoms with Gasteiger partial charge in [0.25, 0.3) is 0 Å². The van der Waals surface area contributed by atoms with Crippen molar-refractivity contribution in [3.63, 3.8) is 0 Å². The van der Waals surface area contributed by atoms with E-state index in [1.807, 2.05) is 0 Å². The zero-order chi connectivity index (χ0) is 12.7. The van der Waals surface area contributed by atoms with Crippen molar-refractivity contribution in [1.82, 2.24) is 10.4 Å². The minimum absolute atomic E-state index is 0.0925. The van der Waals surface area contributed by atoms with Gasteiger partial charge in [-0.05, 0) is 6.42 Å². The normalized spacial score (nSPS) is 20.2. The van der Waals surface area contributed by atoms with Crippen LogP contribution in [-0.4, -0.2) is 61.5 Å². The average molecular weight is 246 g/mol. The number of hydroxylamine groups is 2. The lowest BCUT2D eigenvalue weighted by molar-refractivity contribution is -0.143. The van der Waals surface area contributed by atoms with Crippen LogP contribution >= 0.6 is 0 Å². The van der Waals surface area contributed by atoms with Crippen LogP contribution in [0.25, 0.3) is 0 Å². The highest BCUT2D eigenvalue weighted by molar-refractivity contribution is 5.78. The van der Waals surface area contributed by atoms with Gasteiger partial charge in [0.05, 0.1) is 26.4 Å².